The van der Waals surface area contributed by atoms with Gasteiger partial charge in [-0.25, -0.2) is 9.97 Å². The molecule has 0 spiro atoms. The first-order valence-electron chi connectivity index (χ1n) is 7.99. The third-order valence-electron chi connectivity index (χ3n) is 5.10. The molecule has 2 atom stereocenters. The minimum atomic E-state index is -1.06. The smallest absolute Gasteiger partial charge is 0.191 e. The van der Waals surface area contributed by atoms with E-state index in [4.69, 9.17) is 4.42 Å². The van der Waals surface area contributed by atoms with Gasteiger partial charge in [-0.15, -0.1) is 0 Å². The maximum atomic E-state index is 11.7. The first-order chi connectivity index (χ1) is 11.2. The number of rotatable bonds is 1. The molecule has 2 aliphatic rings. The van der Waals surface area contributed by atoms with Gasteiger partial charge in [-0.05, 0) is 18.4 Å². The van der Waals surface area contributed by atoms with Gasteiger partial charge in [0.2, 0.25) is 0 Å². The van der Waals surface area contributed by atoms with Crippen molar-refractivity contribution in [3.05, 3.63) is 59.7 Å². The zero-order valence-corrected chi connectivity index (χ0v) is 12.9. The predicted octanol–water partition coefficient (Wildman–Crippen LogP) is 2.97. The number of aromatic nitrogens is 3. The Kier molecular flexibility index (Phi) is 2.46. The molecule has 1 N–H and O–H groups in total. The van der Waals surface area contributed by atoms with Crippen LogP contribution in [0.15, 0.2) is 41.2 Å². The van der Waals surface area contributed by atoms with Gasteiger partial charge in [0.15, 0.2) is 5.89 Å². The Bertz CT molecular complexity index is 911. The molecule has 0 radical (unpaired) electrons. The molecule has 0 saturated heterocycles. The van der Waals surface area contributed by atoms with Crippen LogP contribution in [0.1, 0.15) is 41.8 Å². The quantitative estimate of drug-likeness (QED) is 0.750. The minimum absolute atomic E-state index is 0.209. The Labute approximate surface area is 133 Å². The summed E-state index contributed by atoms with van der Waals surface area (Å²) in [6, 6.07) is 8.01. The number of aliphatic hydroxyl groups is 1. The molecule has 0 saturated carbocycles. The van der Waals surface area contributed by atoms with E-state index in [2.05, 4.69) is 26.7 Å². The number of benzene rings is 1. The average Bonchev–Trinajstić information content (AvgIpc) is 3.20. The zero-order chi connectivity index (χ0) is 15.6. The summed E-state index contributed by atoms with van der Waals surface area (Å²) in [4.78, 5) is 8.82. The molecule has 2 aromatic heterocycles. The molecule has 23 heavy (non-hydrogen) atoms. The van der Waals surface area contributed by atoms with E-state index < -0.39 is 5.60 Å². The van der Waals surface area contributed by atoms with Gasteiger partial charge in [0, 0.05) is 18.9 Å². The van der Waals surface area contributed by atoms with Crippen LogP contribution < -0.4 is 0 Å². The Morgan fingerprint density at radius 3 is 3.13 bits per heavy atom. The van der Waals surface area contributed by atoms with Crippen molar-refractivity contribution in [3.63, 3.8) is 0 Å². The van der Waals surface area contributed by atoms with E-state index in [1.165, 1.54) is 0 Å². The van der Waals surface area contributed by atoms with E-state index in [0.717, 1.165) is 35.4 Å². The molecule has 0 amide bonds. The second-order valence-electron chi connectivity index (χ2n) is 6.46. The Morgan fingerprint density at radius 1 is 1.35 bits per heavy atom. The Morgan fingerprint density at radius 2 is 2.22 bits per heavy atom. The third-order valence-corrected chi connectivity index (χ3v) is 5.10. The molecule has 3 heterocycles. The van der Waals surface area contributed by atoms with Crippen LogP contribution in [-0.4, -0.2) is 19.6 Å². The molecule has 5 nitrogen and oxygen atoms in total. The largest absolute Gasteiger partial charge is 0.446 e. The molecule has 1 aliphatic carbocycles. The second-order valence-corrected chi connectivity index (χ2v) is 6.46. The Balaban J connectivity index is 1.77. The molecule has 5 heteroatoms. The highest BCUT2D eigenvalue weighted by atomic mass is 16.4. The van der Waals surface area contributed by atoms with Gasteiger partial charge in [0.1, 0.15) is 17.1 Å². The normalized spacial score (nSPS) is 25.0. The maximum Gasteiger partial charge on any atom is 0.191 e. The molecule has 5 rings (SSSR count). The van der Waals surface area contributed by atoms with Gasteiger partial charge >= 0.3 is 0 Å². The summed E-state index contributed by atoms with van der Waals surface area (Å²) in [6.45, 7) is 1.84. The fourth-order valence-electron chi connectivity index (χ4n) is 4.20. The van der Waals surface area contributed by atoms with Gasteiger partial charge < -0.3 is 14.1 Å². The highest BCUT2D eigenvalue weighted by molar-refractivity contribution is 5.69. The van der Waals surface area contributed by atoms with Gasteiger partial charge in [-0.3, -0.25) is 0 Å². The molecule has 0 bridgehead atoms. The van der Waals surface area contributed by atoms with Crippen molar-refractivity contribution in [2.24, 2.45) is 0 Å². The van der Waals surface area contributed by atoms with Crippen LogP contribution in [0.2, 0.25) is 0 Å². The summed E-state index contributed by atoms with van der Waals surface area (Å²) in [5, 5.41) is 11.7. The van der Waals surface area contributed by atoms with Crippen molar-refractivity contribution in [1.29, 1.82) is 0 Å². The first-order valence-corrected chi connectivity index (χ1v) is 7.99. The highest BCUT2D eigenvalue weighted by Gasteiger charge is 2.50. The average molecular weight is 307 g/mol. The first kappa shape index (κ1) is 13.1. The highest BCUT2D eigenvalue weighted by Crippen LogP contribution is 2.51. The van der Waals surface area contributed by atoms with Crippen molar-refractivity contribution in [1.82, 2.24) is 14.5 Å². The lowest BCUT2D eigenvalue weighted by Gasteiger charge is -2.37. The van der Waals surface area contributed by atoms with Crippen molar-refractivity contribution in [2.45, 2.75) is 37.8 Å². The fourth-order valence-corrected chi connectivity index (χ4v) is 4.20. The standard InChI is InChI=1S/C18H17N3O2/c1-11-20-16-15(23-11)7-4-8-18(16,22)17-13-6-3-2-5-12(13)14-9-19-10-21(14)17/h2-3,5-6,9-10,17,22H,4,7-8H2,1H3. The van der Waals surface area contributed by atoms with Gasteiger partial charge in [0.05, 0.1) is 24.3 Å². The van der Waals surface area contributed by atoms with Gasteiger partial charge in [-0.2, -0.15) is 0 Å². The maximum absolute atomic E-state index is 11.7. The number of oxazole rings is 1. The number of hydrogen-bond acceptors (Lipinski definition) is 4. The fraction of sp³-hybridized carbons (Fsp3) is 0.333. The summed E-state index contributed by atoms with van der Waals surface area (Å²) >= 11 is 0. The lowest BCUT2D eigenvalue weighted by Crippen LogP contribution is -2.39. The number of aryl methyl sites for hydroxylation is 2. The van der Waals surface area contributed by atoms with E-state index >= 15 is 0 Å². The van der Waals surface area contributed by atoms with E-state index in [9.17, 15) is 5.11 Å². The minimum Gasteiger partial charge on any atom is -0.446 e. The van der Waals surface area contributed by atoms with Crippen molar-refractivity contribution < 1.29 is 9.52 Å². The van der Waals surface area contributed by atoms with Crippen molar-refractivity contribution in [2.75, 3.05) is 0 Å². The van der Waals surface area contributed by atoms with Crippen molar-refractivity contribution in [3.8, 4) is 11.3 Å². The third kappa shape index (κ3) is 1.60. The van der Waals surface area contributed by atoms with Crippen LogP contribution in [0.4, 0.5) is 0 Å². The van der Waals surface area contributed by atoms with Crippen molar-refractivity contribution >= 4 is 0 Å². The zero-order valence-electron chi connectivity index (χ0n) is 12.9. The van der Waals surface area contributed by atoms with Crippen LogP contribution in [0.25, 0.3) is 11.3 Å². The van der Waals surface area contributed by atoms with Crippen LogP contribution in [0, 0.1) is 6.92 Å². The molecule has 3 aromatic rings. The summed E-state index contributed by atoms with van der Waals surface area (Å²) in [5.74, 6) is 1.44. The van der Waals surface area contributed by atoms with E-state index in [1.54, 1.807) is 6.33 Å². The number of fused-ring (bicyclic) bond motifs is 4. The SMILES string of the molecule is Cc1nc2c(o1)CCCC2(O)C1c2ccccc2-c2cncn21. The molecular weight excluding hydrogens is 290 g/mol. The van der Waals surface area contributed by atoms with E-state index in [0.29, 0.717) is 18.0 Å². The summed E-state index contributed by atoms with van der Waals surface area (Å²) in [7, 11) is 0. The van der Waals surface area contributed by atoms with E-state index in [1.807, 2.05) is 25.3 Å². The van der Waals surface area contributed by atoms with Crippen LogP contribution >= 0.6 is 0 Å². The summed E-state index contributed by atoms with van der Waals surface area (Å²) in [5.41, 5.74) is 2.94. The van der Waals surface area contributed by atoms with Gasteiger partial charge in [-0.1, -0.05) is 24.3 Å². The predicted molar refractivity (Wildman–Crippen MR) is 83.9 cm³/mol. The number of imidazole rings is 1. The summed E-state index contributed by atoms with van der Waals surface area (Å²) in [6.07, 6.45) is 6.06. The molecule has 1 aromatic carbocycles. The monoisotopic (exact) mass is 307 g/mol. The number of nitrogens with zero attached hydrogens (tertiary/aromatic N) is 3. The molecular formula is C18H17N3O2. The Hall–Kier alpha value is -2.40. The molecule has 116 valence electrons. The summed E-state index contributed by atoms with van der Waals surface area (Å²) < 4.78 is 7.80. The van der Waals surface area contributed by atoms with Gasteiger partial charge in [0.25, 0.3) is 0 Å². The lowest BCUT2D eigenvalue weighted by molar-refractivity contribution is -0.0220. The number of hydrogen-bond donors (Lipinski definition) is 1. The van der Waals surface area contributed by atoms with Crippen LogP contribution in [0.5, 0.6) is 0 Å². The topological polar surface area (TPSA) is 64.1 Å². The molecule has 2 unspecified atom stereocenters. The van der Waals surface area contributed by atoms with Crippen LogP contribution in [0.3, 0.4) is 0 Å². The van der Waals surface area contributed by atoms with E-state index in [-0.39, 0.29) is 6.04 Å². The molecule has 0 fully saturated rings. The van der Waals surface area contributed by atoms with Crippen LogP contribution in [-0.2, 0) is 12.0 Å². The lowest BCUT2D eigenvalue weighted by atomic mass is 9.77. The second kappa shape index (κ2) is 4.32. The molecule has 1 aliphatic heterocycles.